The minimum Gasteiger partial charge on any atom is -0.349 e. The summed E-state index contributed by atoms with van der Waals surface area (Å²) >= 11 is 0. The Kier molecular flexibility index (Phi) is 8.36. The molecule has 1 N–H and O–H groups in total. The molecular formula is C35H40N2O5. The van der Waals surface area contributed by atoms with E-state index in [-0.39, 0.29) is 47.3 Å². The Hall–Kier alpha value is -3.61. The Morgan fingerprint density at radius 3 is 1.98 bits per heavy atom. The van der Waals surface area contributed by atoms with Crippen molar-refractivity contribution in [3.8, 4) is 0 Å². The molecule has 42 heavy (non-hydrogen) atoms. The second kappa shape index (κ2) is 12.3. The summed E-state index contributed by atoms with van der Waals surface area (Å²) in [5.41, 5.74) is 2.25. The number of nitrogens with zero attached hydrogens (tertiary/aromatic N) is 1. The number of ketones is 2. The number of β-lactam (4-membered cyclic amide) rings is 1. The number of fused-ring (bicyclic) bond motifs is 2. The fraction of sp³-hybridized carbons (Fsp3) is 0.514. The van der Waals surface area contributed by atoms with E-state index in [9.17, 15) is 24.0 Å². The number of likely N-dealkylation sites (tertiary alicyclic amines) is 1. The summed E-state index contributed by atoms with van der Waals surface area (Å²) in [5.74, 6) is -1.81. The zero-order chi connectivity index (χ0) is 29.2. The van der Waals surface area contributed by atoms with Crippen LogP contribution in [-0.4, -0.2) is 46.3 Å². The quantitative estimate of drug-likeness (QED) is 0.283. The van der Waals surface area contributed by atoms with Crippen molar-refractivity contribution in [3.63, 3.8) is 0 Å². The van der Waals surface area contributed by atoms with Gasteiger partial charge >= 0.3 is 0 Å². The molecule has 4 atom stereocenters. The van der Waals surface area contributed by atoms with Gasteiger partial charge < -0.3 is 5.32 Å². The van der Waals surface area contributed by atoms with Gasteiger partial charge in [0.1, 0.15) is 0 Å². The van der Waals surface area contributed by atoms with Gasteiger partial charge in [-0.2, -0.15) is 0 Å². The summed E-state index contributed by atoms with van der Waals surface area (Å²) in [6.07, 6.45) is 11.8. The average molecular weight is 569 g/mol. The molecule has 7 heteroatoms. The van der Waals surface area contributed by atoms with Crippen molar-refractivity contribution in [1.29, 1.82) is 0 Å². The first kappa shape index (κ1) is 28.5. The van der Waals surface area contributed by atoms with E-state index < -0.39 is 11.8 Å². The number of hydrogen-bond donors (Lipinski definition) is 1. The Morgan fingerprint density at radius 1 is 0.714 bits per heavy atom. The molecule has 0 spiro atoms. The van der Waals surface area contributed by atoms with Gasteiger partial charge in [0.05, 0.1) is 23.8 Å². The molecule has 3 aliphatic carbocycles. The van der Waals surface area contributed by atoms with E-state index in [1.807, 2.05) is 0 Å². The Morgan fingerprint density at radius 2 is 1.31 bits per heavy atom. The largest absolute Gasteiger partial charge is 0.349 e. The molecule has 3 fully saturated rings. The van der Waals surface area contributed by atoms with Gasteiger partial charge in [-0.05, 0) is 49.8 Å². The molecule has 220 valence electrons. The molecule has 2 aromatic carbocycles. The number of carbonyl (C=O) groups excluding carboxylic acids is 5. The van der Waals surface area contributed by atoms with Gasteiger partial charge in [-0.15, -0.1) is 0 Å². The molecule has 0 bridgehead atoms. The van der Waals surface area contributed by atoms with Gasteiger partial charge in [0.25, 0.3) is 5.91 Å². The highest BCUT2D eigenvalue weighted by Gasteiger charge is 2.51. The molecule has 2 aromatic rings. The maximum absolute atomic E-state index is 13.9. The minimum absolute atomic E-state index is 0.0154. The highest BCUT2D eigenvalue weighted by molar-refractivity contribution is 6.26. The highest BCUT2D eigenvalue weighted by Crippen LogP contribution is 2.39. The molecular weight excluding hydrogens is 528 g/mol. The van der Waals surface area contributed by atoms with Crippen molar-refractivity contribution < 1.29 is 24.0 Å². The molecule has 4 aliphatic rings. The molecule has 6 rings (SSSR count). The summed E-state index contributed by atoms with van der Waals surface area (Å²) in [4.78, 5) is 67.6. The van der Waals surface area contributed by atoms with Gasteiger partial charge in [-0.25, -0.2) is 0 Å². The van der Waals surface area contributed by atoms with Crippen molar-refractivity contribution >= 4 is 29.3 Å². The number of benzene rings is 2. The topological polar surface area (TPSA) is 101 Å². The van der Waals surface area contributed by atoms with Gasteiger partial charge in [-0.1, -0.05) is 87.8 Å². The maximum Gasteiger partial charge on any atom is 0.251 e. The first-order valence-electron chi connectivity index (χ1n) is 15.9. The van der Waals surface area contributed by atoms with Gasteiger partial charge in [0.2, 0.25) is 11.8 Å². The van der Waals surface area contributed by atoms with E-state index in [0.717, 1.165) is 69.8 Å². The predicted octanol–water partition coefficient (Wildman–Crippen LogP) is 5.70. The summed E-state index contributed by atoms with van der Waals surface area (Å²) in [6.45, 7) is 0. The second-order valence-corrected chi connectivity index (χ2v) is 12.6. The average Bonchev–Trinajstić information content (AvgIpc) is 3.21. The van der Waals surface area contributed by atoms with Crippen molar-refractivity contribution in [2.24, 2.45) is 17.8 Å². The van der Waals surface area contributed by atoms with Crippen LogP contribution in [0.4, 0.5) is 0 Å². The van der Waals surface area contributed by atoms with Crippen LogP contribution in [0.5, 0.6) is 0 Å². The summed E-state index contributed by atoms with van der Waals surface area (Å²) in [6, 6.07) is 13.7. The van der Waals surface area contributed by atoms with Crippen LogP contribution in [0.15, 0.2) is 48.5 Å². The van der Waals surface area contributed by atoms with E-state index in [1.165, 1.54) is 0 Å². The number of amides is 3. The third-order valence-corrected chi connectivity index (χ3v) is 10.00. The van der Waals surface area contributed by atoms with Crippen LogP contribution in [0.2, 0.25) is 0 Å². The standard InChI is InChI=1S/C35H40N2O5/c38-31-24-11-9-10-12-25(24)32(39)28(31)21-22-17-19-23(20-18-22)33(40)36-29-15-7-3-1-5-13-26(29)34(41)37-30-16-8-4-2-6-14-27(30)35(37)42/h9-12,17-20,26-30H,1-8,13-16,21H2,(H,36,40)/t26-,27-,29+,30+/m1/s1. The van der Waals surface area contributed by atoms with Crippen molar-refractivity contribution in [2.45, 2.75) is 95.6 Å². The molecule has 1 heterocycles. The third-order valence-electron chi connectivity index (χ3n) is 10.00. The molecule has 3 amide bonds. The fourth-order valence-electron chi connectivity index (χ4n) is 7.60. The normalized spacial score (nSPS) is 26.7. The van der Waals surface area contributed by atoms with E-state index in [2.05, 4.69) is 5.32 Å². The molecule has 7 nitrogen and oxygen atoms in total. The van der Waals surface area contributed by atoms with E-state index in [4.69, 9.17) is 0 Å². The number of hydrogen-bond acceptors (Lipinski definition) is 5. The minimum atomic E-state index is -0.731. The van der Waals surface area contributed by atoms with Crippen LogP contribution in [0.25, 0.3) is 0 Å². The van der Waals surface area contributed by atoms with Crippen LogP contribution < -0.4 is 5.32 Å². The first-order chi connectivity index (χ1) is 20.4. The lowest BCUT2D eigenvalue weighted by Crippen LogP contribution is -2.65. The van der Waals surface area contributed by atoms with E-state index >= 15 is 0 Å². The molecule has 1 saturated heterocycles. The van der Waals surface area contributed by atoms with Gasteiger partial charge in [-0.3, -0.25) is 28.9 Å². The lowest BCUT2D eigenvalue weighted by Gasteiger charge is -2.48. The number of imide groups is 1. The second-order valence-electron chi connectivity index (χ2n) is 12.6. The molecule has 0 aromatic heterocycles. The smallest absolute Gasteiger partial charge is 0.251 e. The van der Waals surface area contributed by atoms with Gasteiger partial charge in [0.15, 0.2) is 11.6 Å². The first-order valence-corrected chi connectivity index (χ1v) is 15.9. The molecule has 1 aliphatic heterocycles. The van der Waals surface area contributed by atoms with Crippen LogP contribution in [-0.2, 0) is 16.0 Å². The van der Waals surface area contributed by atoms with Gasteiger partial charge in [0, 0.05) is 22.7 Å². The zero-order valence-electron chi connectivity index (χ0n) is 24.2. The number of carbonyl (C=O) groups is 5. The monoisotopic (exact) mass is 568 g/mol. The summed E-state index contributed by atoms with van der Waals surface area (Å²) in [7, 11) is 0. The number of nitrogens with one attached hydrogen (secondary N) is 1. The van der Waals surface area contributed by atoms with E-state index in [0.29, 0.717) is 36.0 Å². The van der Waals surface area contributed by atoms with Crippen molar-refractivity contribution in [3.05, 3.63) is 70.8 Å². The molecule has 0 radical (unpaired) electrons. The fourth-order valence-corrected chi connectivity index (χ4v) is 7.60. The lowest BCUT2D eigenvalue weighted by atomic mass is 9.76. The van der Waals surface area contributed by atoms with E-state index in [1.54, 1.807) is 53.4 Å². The van der Waals surface area contributed by atoms with Crippen molar-refractivity contribution in [2.75, 3.05) is 0 Å². The van der Waals surface area contributed by atoms with Crippen LogP contribution in [0.3, 0.4) is 0 Å². The van der Waals surface area contributed by atoms with Crippen LogP contribution in [0, 0.1) is 17.8 Å². The zero-order valence-corrected chi connectivity index (χ0v) is 24.2. The van der Waals surface area contributed by atoms with Crippen LogP contribution in [0.1, 0.15) is 114 Å². The highest BCUT2D eigenvalue weighted by atomic mass is 16.2. The predicted molar refractivity (Wildman–Crippen MR) is 158 cm³/mol. The SMILES string of the molecule is O=C(N[C@H]1CCCCCC[C@H]1C(=O)N1C(=O)[C@@H]2CCCCCC[C@@H]21)c1ccc(CC2C(=O)c3ccccc3C2=O)cc1. The molecule has 2 saturated carbocycles. The Bertz CT molecular complexity index is 1350. The third kappa shape index (κ3) is 5.46. The summed E-state index contributed by atoms with van der Waals surface area (Å²) < 4.78 is 0. The Labute approximate surface area is 247 Å². The van der Waals surface area contributed by atoms with Crippen LogP contribution >= 0.6 is 0 Å². The number of Topliss-reactive ketones (excluding diaryl/α,β-unsaturated/α-hetero) is 2. The molecule has 0 unspecified atom stereocenters. The maximum atomic E-state index is 13.9. The number of rotatable bonds is 5. The summed E-state index contributed by atoms with van der Waals surface area (Å²) in [5, 5.41) is 3.16. The Balaban J connectivity index is 1.12. The lowest BCUT2D eigenvalue weighted by molar-refractivity contribution is -0.170. The van der Waals surface area contributed by atoms with Crippen molar-refractivity contribution in [1.82, 2.24) is 10.2 Å².